The molecule has 0 aliphatic carbocycles. The lowest BCUT2D eigenvalue weighted by atomic mass is 10.3. The van der Waals surface area contributed by atoms with Crippen LogP contribution in [-0.2, 0) is 6.61 Å². The maximum atomic E-state index is 11.3. The number of rotatable bonds is 5. The number of aromatic nitrogens is 1. The number of pyridine rings is 1. The first-order chi connectivity index (χ1) is 6.77. The Kier molecular flexibility index (Phi) is 4.19. The fourth-order valence-corrected chi connectivity index (χ4v) is 1.03. The maximum absolute atomic E-state index is 11.3. The molecule has 1 rings (SSSR count). The van der Waals surface area contributed by atoms with E-state index in [9.17, 15) is 4.79 Å². The summed E-state index contributed by atoms with van der Waals surface area (Å²) in [7, 11) is 0. The molecular weight excluding hydrogens is 182 g/mol. The molecule has 0 fully saturated rings. The van der Waals surface area contributed by atoms with Crippen LogP contribution in [-0.4, -0.2) is 16.7 Å². The summed E-state index contributed by atoms with van der Waals surface area (Å²) in [6.07, 6.45) is 3.46. The topological polar surface area (TPSA) is 62.3 Å². The van der Waals surface area contributed by atoms with Gasteiger partial charge in [-0.1, -0.05) is 13.3 Å². The Labute approximate surface area is 82.5 Å². The first-order valence-corrected chi connectivity index (χ1v) is 4.73. The van der Waals surface area contributed by atoms with Crippen molar-refractivity contribution in [2.24, 2.45) is 0 Å². The molecule has 0 radical (unpaired) electrons. The molecule has 0 amide bonds. The average molecular weight is 197 g/mol. The van der Waals surface area contributed by atoms with Crippen LogP contribution in [0.25, 0.3) is 0 Å². The van der Waals surface area contributed by atoms with Crippen molar-refractivity contribution < 1.29 is 9.84 Å². The predicted molar refractivity (Wildman–Crippen MR) is 53.4 cm³/mol. The number of ether oxygens (including phenoxy) is 1. The van der Waals surface area contributed by atoms with Crippen LogP contribution in [0.2, 0.25) is 0 Å². The predicted octanol–water partition coefficient (Wildman–Crippen LogP) is 1.05. The molecule has 0 spiro atoms. The average Bonchev–Trinajstić information content (AvgIpc) is 2.20. The zero-order chi connectivity index (χ0) is 10.4. The number of hydrogen-bond acceptors (Lipinski definition) is 3. The van der Waals surface area contributed by atoms with Crippen LogP contribution < -0.4 is 10.2 Å². The van der Waals surface area contributed by atoms with Crippen molar-refractivity contribution in [1.29, 1.82) is 0 Å². The van der Waals surface area contributed by atoms with E-state index < -0.39 is 0 Å². The van der Waals surface area contributed by atoms with Gasteiger partial charge in [-0.05, 0) is 6.42 Å². The highest BCUT2D eigenvalue weighted by molar-refractivity contribution is 5.19. The number of aliphatic hydroxyl groups is 1. The first kappa shape index (κ1) is 10.8. The fraction of sp³-hybridized carbons (Fsp3) is 0.500. The van der Waals surface area contributed by atoms with E-state index in [0.717, 1.165) is 12.8 Å². The molecule has 0 unspecified atom stereocenters. The summed E-state index contributed by atoms with van der Waals surface area (Å²) in [5.41, 5.74) is 0.307. The third-order valence-electron chi connectivity index (χ3n) is 1.86. The van der Waals surface area contributed by atoms with Crippen molar-refractivity contribution in [3.8, 4) is 5.75 Å². The maximum Gasteiger partial charge on any atom is 0.223 e. The molecule has 4 nitrogen and oxygen atoms in total. The van der Waals surface area contributed by atoms with Crippen molar-refractivity contribution in [3.05, 3.63) is 28.2 Å². The van der Waals surface area contributed by atoms with Crippen LogP contribution >= 0.6 is 0 Å². The zero-order valence-corrected chi connectivity index (χ0v) is 8.25. The zero-order valence-electron chi connectivity index (χ0n) is 8.25. The van der Waals surface area contributed by atoms with Crippen molar-refractivity contribution >= 4 is 0 Å². The third-order valence-corrected chi connectivity index (χ3v) is 1.86. The highest BCUT2D eigenvalue weighted by Crippen LogP contribution is 2.02. The Morgan fingerprint density at radius 1 is 1.57 bits per heavy atom. The largest absolute Gasteiger partial charge is 0.488 e. The Hall–Kier alpha value is -1.29. The van der Waals surface area contributed by atoms with Gasteiger partial charge < -0.3 is 14.8 Å². The van der Waals surface area contributed by atoms with E-state index in [1.807, 2.05) is 0 Å². The van der Waals surface area contributed by atoms with Gasteiger partial charge in [-0.25, -0.2) is 0 Å². The van der Waals surface area contributed by atoms with Gasteiger partial charge in [0.1, 0.15) is 0 Å². The molecule has 0 atom stereocenters. The van der Waals surface area contributed by atoms with Crippen molar-refractivity contribution in [3.63, 3.8) is 0 Å². The molecule has 78 valence electrons. The summed E-state index contributed by atoms with van der Waals surface area (Å²) in [6, 6.07) is 1.35. The molecule has 4 heteroatoms. The molecular formula is C10H15NO3. The molecule has 1 heterocycles. The molecule has 14 heavy (non-hydrogen) atoms. The van der Waals surface area contributed by atoms with E-state index in [0.29, 0.717) is 18.1 Å². The molecule has 0 bridgehead atoms. The SMILES string of the molecule is CCCCOc1c[nH]c(CO)cc1=O. The number of aromatic amines is 1. The van der Waals surface area contributed by atoms with E-state index >= 15 is 0 Å². The summed E-state index contributed by atoms with van der Waals surface area (Å²) in [5.74, 6) is 0.315. The van der Waals surface area contributed by atoms with E-state index in [1.165, 1.54) is 12.3 Å². The van der Waals surface area contributed by atoms with Gasteiger partial charge in [0.05, 0.1) is 13.2 Å². The minimum Gasteiger partial charge on any atom is -0.488 e. The van der Waals surface area contributed by atoms with Gasteiger partial charge in [-0.15, -0.1) is 0 Å². The van der Waals surface area contributed by atoms with Crippen LogP contribution in [0.4, 0.5) is 0 Å². The van der Waals surface area contributed by atoms with Gasteiger partial charge in [0, 0.05) is 18.0 Å². The second kappa shape index (κ2) is 5.44. The fourth-order valence-electron chi connectivity index (χ4n) is 1.03. The van der Waals surface area contributed by atoms with Crippen LogP contribution in [0, 0.1) is 0 Å². The van der Waals surface area contributed by atoms with E-state index in [4.69, 9.17) is 9.84 Å². The third kappa shape index (κ3) is 2.88. The first-order valence-electron chi connectivity index (χ1n) is 4.73. The lowest BCUT2D eigenvalue weighted by Crippen LogP contribution is -2.10. The molecule has 0 saturated heterocycles. The van der Waals surface area contributed by atoms with Crippen molar-refractivity contribution in [1.82, 2.24) is 4.98 Å². The molecule has 0 saturated carbocycles. The minimum atomic E-state index is -0.191. The Bertz CT molecular complexity index is 332. The van der Waals surface area contributed by atoms with Crippen molar-refractivity contribution in [2.45, 2.75) is 26.4 Å². The Morgan fingerprint density at radius 3 is 2.93 bits per heavy atom. The number of unbranched alkanes of at least 4 members (excludes halogenated alkanes) is 1. The number of H-pyrrole nitrogens is 1. The highest BCUT2D eigenvalue weighted by Gasteiger charge is 2.00. The van der Waals surface area contributed by atoms with Crippen LogP contribution in [0.5, 0.6) is 5.75 Å². The second-order valence-corrected chi connectivity index (χ2v) is 3.05. The molecule has 0 aliphatic heterocycles. The number of hydrogen-bond donors (Lipinski definition) is 2. The van der Waals surface area contributed by atoms with E-state index in [-0.39, 0.29) is 12.0 Å². The summed E-state index contributed by atoms with van der Waals surface area (Å²) in [5, 5.41) is 8.76. The standard InChI is InChI=1S/C10H15NO3/c1-2-3-4-14-10-6-11-8(7-12)5-9(10)13/h5-6,12H,2-4,7H2,1H3,(H,11,13). The van der Waals surface area contributed by atoms with E-state index in [2.05, 4.69) is 11.9 Å². The van der Waals surface area contributed by atoms with Gasteiger partial charge in [-0.2, -0.15) is 0 Å². The molecule has 1 aromatic heterocycles. The van der Waals surface area contributed by atoms with Crippen LogP contribution in [0.1, 0.15) is 25.5 Å². The van der Waals surface area contributed by atoms with Crippen LogP contribution in [0.15, 0.2) is 17.1 Å². The molecule has 0 aliphatic rings. The monoisotopic (exact) mass is 197 g/mol. The Morgan fingerprint density at radius 2 is 2.36 bits per heavy atom. The Balaban J connectivity index is 2.64. The summed E-state index contributed by atoms with van der Waals surface area (Å²) < 4.78 is 5.25. The number of nitrogens with one attached hydrogen (secondary N) is 1. The van der Waals surface area contributed by atoms with Gasteiger partial charge >= 0.3 is 0 Å². The van der Waals surface area contributed by atoms with Gasteiger partial charge in [0.2, 0.25) is 5.43 Å². The second-order valence-electron chi connectivity index (χ2n) is 3.05. The quantitative estimate of drug-likeness (QED) is 0.693. The summed E-state index contributed by atoms with van der Waals surface area (Å²) in [6.45, 7) is 2.45. The molecule has 2 N–H and O–H groups in total. The summed E-state index contributed by atoms with van der Waals surface area (Å²) >= 11 is 0. The van der Waals surface area contributed by atoms with Gasteiger partial charge in [0.15, 0.2) is 5.75 Å². The summed E-state index contributed by atoms with van der Waals surface area (Å²) in [4.78, 5) is 14.1. The molecule has 0 aromatic carbocycles. The smallest absolute Gasteiger partial charge is 0.223 e. The van der Waals surface area contributed by atoms with Crippen LogP contribution in [0.3, 0.4) is 0 Å². The number of aliphatic hydroxyl groups excluding tert-OH is 1. The minimum absolute atomic E-state index is 0.162. The highest BCUT2D eigenvalue weighted by atomic mass is 16.5. The van der Waals surface area contributed by atoms with Gasteiger partial charge in [-0.3, -0.25) is 4.79 Å². The normalized spacial score (nSPS) is 10.1. The molecule has 1 aromatic rings. The van der Waals surface area contributed by atoms with Gasteiger partial charge in [0.25, 0.3) is 0 Å². The van der Waals surface area contributed by atoms with Crippen molar-refractivity contribution in [2.75, 3.05) is 6.61 Å². The van der Waals surface area contributed by atoms with E-state index in [1.54, 1.807) is 0 Å². The lowest BCUT2D eigenvalue weighted by Gasteiger charge is -2.04. The lowest BCUT2D eigenvalue weighted by molar-refractivity contribution is 0.274.